The van der Waals surface area contributed by atoms with Gasteiger partial charge in [-0.15, -0.1) is 11.3 Å². The van der Waals surface area contributed by atoms with E-state index in [-0.39, 0.29) is 5.91 Å². The van der Waals surface area contributed by atoms with Gasteiger partial charge in [0.1, 0.15) is 12.4 Å². The number of pyridine rings is 1. The van der Waals surface area contributed by atoms with Crippen LogP contribution >= 0.6 is 11.3 Å². The highest BCUT2D eigenvalue weighted by molar-refractivity contribution is 7.14. The van der Waals surface area contributed by atoms with Crippen molar-refractivity contribution in [2.45, 2.75) is 6.43 Å². The molecule has 0 aliphatic carbocycles. The van der Waals surface area contributed by atoms with Crippen LogP contribution in [0.1, 0.15) is 5.56 Å². The molecule has 0 saturated heterocycles. The van der Waals surface area contributed by atoms with Crippen LogP contribution in [0.3, 0.4) is 0 Å². The molecule has 0 saturated carbocycles. The molecule has 0 bridgehead atoms. The lowest BCUT2D eigenvalue weighted by Crippen LogP contribution is -2.07. The van der Waals surface area contributed by atoms with E-state index in [1.807, 2.05) is 17.5 Å². The topological polar surface area (TPSA) is 64.1 Å². The largest absolute Gasteiger partial charge is 0.488 e. The number of carbonyl (C=O) groups is 1. The van der Waals surface area contributed by atoms with E-state index in [1.54, 1.807) is 42.7 Å². The lowest BCUT2D eigenvalue weighted by molar-refractivity contribution is -0.111. The third kappa shape index (κ3) is 5.68. The molecule has 1 amide bonds. The number of amides is 1. The van der Waals surface area contributed by atoms with Gasteiger partial charge in [-0.1, -0.05) is 12.1 Å². The van der Waals surface area contributed by atoms with Crippen molar-refractivity contribution in [3.05, 3.63) is 65.8 Å². The lowest BCUT2D eigenvalue weighted by atomic mass is 10.2. The van der Waals surface area contributed by atoms with Gasteiger partial charge in [-0.05, 0) is 35.9 Å². The van der Waals surface area contributed by atoms with E-state index in [2.05, 4.69) is 15.3 Å². The minimum atomic E-state index is -2.52. The average Bonchev–Trinajstić information content (AvgIpc) is 3.14. The highest BCUT2D eigenvalue weighted by atomic mass is 32.1. The van der Waals surface area contributed by atoms with E-state index in [1.165, 1.54) is 17.4 Å². The standard InChI is InChI=1S/C19H15F2N3O2S/c20-17(21)11-26-15-6-3-13(4-7-15)5-8-18(25)24-19-23-16(12-27-19)14-2-1-9-22-10-14/h1-10,12,17H,11H2,(H,23,24,25)/b8-5-. The van der Waals surface area contributed by atoms with Gasteiger partial charge < -0.3 is 4.74 Å². The Kier molecular flexibility index (Phi) is 6.22. The average molecular weight is 387 g/mol. The maximum absolute atomic E-state index is 12.1. The molecule has 5 nitrogen and oxygen atoms in total. The monoisotopic (exact) mass is 387 g/mol. The number of carbonyl (C=O) groups excluding carboxylic acids is 1. The Labute approximate surface area is 158 Å². The molecule has 8 heteroatoms. The number of nitrogens with zero attached hydrogens (tertiary/aromatic N) is 2. The van der Waals surface area contributed by atoms with E-state index in [4.69, 9.17) is 4.74 Å². The number of aromatic nitrogens is 2. The zero-order valence-corrected chi connectivity index (χ0v) is 14.8. The highest BCUT2D eigenvalue weighted by Gasteiger charge is 2.06. The fraction of sp³-hybridized carbons (Fsp3) is 0.105. The molecule has 138 valence electrons. The van der Waals surface area contributed by atoms with Gasteiger partial charge in [-0.3, -0.25) is 15.1 Å². The van der Waals surface area contributed by atoms with Crippen molar-refractivity contribution < 1.29 is 18.3 Å². The molecule has 3 aromatic rings. The maximum Gasteiger partial charge on any atom is 0.272 e. The summed E-state index contributed by atoms with van der Waals surface area (Å²) in [5.41, 5.74) is 2.36. The SMILES string of the molecule is O=C(/C=C\c1ccc(OCC(F)F)cc1)Nc1nc(-c2cccnc2)cs1. The number of rotatable bonds is 7. The molecule has 2 heterocycles. The zero-order valence-electron chi connectivity index (χ0n) is 14.0. The lowest BCUT2D eigenvalue weighted by Gasteiger charge is -2.05. The second kappa shape index (κ2) is 9.00. The zero-order chi connectivity index (χ0) is 19.1. The fourth-order valence-corrected chi connectivity index (χ4v) is 2.85. The summed E-state index contributed by atoms with van der Waals surface area (Å²) in [6, 6.07) is 10.2. The molecule has 0 aliphatic heterocycles. The molecule has 1 N–H and O–H groups in total. The number of alkyl halides is 2. The number of hydrogen-bond donors (Lipinski definition) is 1. The second-order valence-electron chi connectivity index (χ2n) is 5.37. The quantitative estimate of drug-likeness (QED) is 0.606. The highest BCUT2D eigenvalue weighted by Crippen LogP contribution is 2.24. The Balaban J connectivity index is 1.55. The number of halogens is 2. The van der Waals surface area contributed by atoms with Crippen molar-refractivity contribution in [1.29, 1.82) is 0 Å². The van der Waals surface area contributed by atoms with E-state index in [9.17, 15) is 13.6 Å². The van der Waals surface area contributed by atoms with Crippen LogP contribution in [0.5, 0.6) is 5.75 Å². The second-order valence-corrected chi connectivity index (χ2v) is 6.23. The number of anilines is 1. The van der Waals surface area contributed by atoms with Crippen molar-refractivity contribution in [1.82, 2.24) is 9.97 Å². The van der Waals surface area contributed by atoms with E-state index >= 15 is 0 Å². The molecule has 0 spiro atoms. The summed E-state index contributed by atoms with van der Waals surface area (Å²) in [4.78, 5) is 20.4. The summed E-state index contributed by atoms with van der Waals surface area (Å²) in [7, 11) is 0. The third-order valence-electron chi connectivity index (χ3n) is 3.37. The molecule has 1 aromatic carbocycles. The summed E-state index contributed by atoms with van der Waals surface area (Å²) in [5, 5.41) is 5.03. The van der Waals surface area contributed by atoms with Crippen LogP contribution in [0.4, 0.5) is 13.9 Å². The molecule has 3 rings (SSSR count). The van der Waals surface area contributed by atoms with Crippen LogP contribution in [-0.2, 0) is 4.79 Å². The van der Waals surface area contributed by atoms with Crippen LogP contribution in [-0.4, -0.2) is 28.9 Å². The van der Waals surface area contributed by atoms with Crippen molar-refractivity contribution in [2.24, 2.45) is 0 Å². The van der Waals surface area contributed by atoms with Crippen molar-refractivity contribution in [3.63, 3.8) is 0 Å². The van der Waals surface area contributed by atoms with E-state index < -0.39 is 13.0 Å². The maximum atomic E-state index is 12.1. The Morgan fingerprint density at radius 3 is 2.78 bits per heavy atom. The van der Waals surface area contributed by atoms with Gasteiger partial charge in [-0.2, -0.15) is 0 Å². The summed E-state index contributed by atoms with van der Waals surface area (Å²) in [6.07, 6.45) is 3.86. The fourth-order valence-electron chi connectivity index (χ4n) is 2.13. The van der Waals surface area contributed by atoms with Gasteiger partial charge in [0.2, 0.25) is 5.91 Å². The third-order valence-corrected chi connectivity index (χ3v) is 4.13. The molecule has 27 heavy (non-hydrogen) atoms. The summed E-state index contributed by atoms with van der Waals surface area (Å²) < 4.78 is 29.1. The Morgan fingerprint density at radius 2 is 2.07 bits per heavy atom. The van der Waals surface area contributed by atoms with E-state index in [0.29, 0.717) is 10.9 Å². The first-order chi connectivity index (χ1) is 13.1. The first-order valence-electron chi connectivity index (χ1n) is 7.96. The summed E-state index contributed by atoms with van der Waals surface area (Å²) >= 11 is 1.32. The van der Waals surface area contributed by atoms with Crippen LogP contribution in [0.2, 0.25) is 0 Å². The molecule has 0 unspecified atom stereocenters. The number of ether oxygens (including phenoxy) is 1. The molecule has 0 fully saturated rings. The normalized spacial score (nSPS) is 11.1. The summed E-state index contributed by atoms with van der Waals surface area (Å²) in [5.74, 6) is 0.0303. The predicted molar refractivity (Wildman–Crippen MR) is 101 cm³/mol. The molecular weight excluding hydrogens is 372 g/mol. The minimum absolute atomic E-state index is 0.319. The Bertz CT molecular complexity index is 912. The number of thiazole rings is 1. The minimum Gasteiger partial charge on any atom is -0.488 e. The van der Waals surface area contributed by atoms with Crippen LogP contribution in [0.25, 0.3) is 17.3 Å². The Morgan fingerprint density at radius 1 is 1.26 bits per heavy atom. The first-order valence-corrected chi connectivity index (χ1v) is 8.84. The summed E-state index contributed by atoms with van der Waals surface area (Å²) in [6.45, 7) is -0.646. The van der Waals surface area contributed by atoms with Gasteiger partial charge in [0.25, 0.3) is 6.43 Å². The predicted octanol–water partition coefficient (Wildman–Crippen LogP) is 4.50. The van der Waals surface area contributed by atoms with Crippen LogP contribution < -0.4 is 10.1 Å². The van der Waals surface area contributed by atoms with Gasteiger partial charge in [-0.25, -0.2) is 13.8 Å². The molecule has 0 aliphatic rings. The van der Waals surface area contributed by atoms with Gasteiger partial charge >= 0.3 is 0 Å². The molecule has 0 atom stereocenters. The van der Waals surface area contributed by atoms with Crippen molar-refractivity contribution in [2.75, 3.05) is 11.9 Å². The first kappa shape index (κ1) is 18.7. The number of nitrogens with one attached hydrogen (secondary N) is 1. The molecular formula is C19H15F2N3O2S. The van der Waals surface area contributed by atoms with E-state index in [0.717, 1.165) is 16.8 Å². The molecule has 2 aromatic heterocycles. The van der Waals surface area contributed by atoms with Gasteiger partial charge in [0.05, 0.1) is 5.69 Å². The number of hydrogen-bond acceptors (Lipinski definition) is 5. The van der Waals surface area contributed by atoms with Gasteiger partial charge in [0, 0.05) is 29.4 Å². The van der Waals surface area contributed by atoms with Crippen LogP contribution in [0, 0.1) is 0 Å². The smallest absolute Gasteiger partial charge is 0.272 e. The number of benzene rings is 1. The Hall–Kier alpha value is -3.13. The van der Waals surface area contributed by atoms with Crippen LogP contribution in [0.15, 0.2) is 60.2 Å². The van der Waals surface area contributed by atoms with Crippen molar-refractivity contribution >= 4 is 28.5 Å². The molecule has 0 radical (unpaired) electrons. The van der Waals surface area contributed by atoms with Gasteiger partial charge in [0.15, 0.2) is 5.13 Å². The van der Waals surface area contributed by atoms with Crippen molar-refractivity contribution in [3.8, 4) is 17.0 Å².